The fraction of sp³-hybridized carbons (Fsp3) is 0.342. The van der Waals surface area contributed by atoms with Crippen LogP contribution >= 0.6 is 0 Å². The highest BCUT2D eigenvalue weighted by Crippen LogP contribution is 2.48. The van der Waals surface area contributed by atoms with E-state index in [2.05, 4.69) is 221 Å². The molecule has 10 aromatic rings. The lowest BCUT2D eigenvalue weighted by atomic mass is 9.87. The van der Waals surface area contributed by atoms with E-state index in [1.165, 1.54) is 194 Å². The van der Waals surface area contributed by atoms with Crippen LogP contribution < -0.4 is 0 Å². The second-order valence-corrected chi connectivity index (χ2v) is 22.6. The van der Waals surface area contributed by atoms with Gasteiger partial charge in [-0.2, -0.15) is 0 Å². The normalized spacial score (nSPS) is 14.5. The molecular formula is C73H80N2. The molecule has 0 aliphatic heterocycles. The first kappa shape index (κ1) is 50.5. The Labute approximate surface area is 448 Å². The van der Waals surface area contributed by atoms with E-state index in [1.807, 2.05) is 0 Å². The Bertz CT molecular complexity index is 3580. The second-order valence-electron chi connectivity index (χ2n) is 22.6. The van der Waals surface area contributed by atoms with Crippen LogP contribution in [0.4, 0.5) is 0 Å². The summed E-state index contributed by atoms with van der Waals surface area (Å²) in [5.41, 5.74) is 21.6. The first-order valence-electron chi connectivity index (χ1n) is 29.4. The number of hydrogen-bond donors (Lipinski definition) is 0. The minimum atomic E-state index is 0.318. The molecule has 4 atom stereocenters. The number of hydrogen-bond acceptors (Lipinski definition) is 0. The standard InChI is InChI=1S/C73H80N2/c1-7-13-22-51(11-5)42-53-30-36-58(37-31-53)74-70-28-19-16-26-63(70)68-49-57(35-41-72(68)74)59-24-15-18-27-69(59)75-71-29-20-17-25-62(71)67-48-56(34-40-73(67)75)47-64-60-38-32-54(43-50(10-4)21-9-3)45-65(60)66-46-55(33-39-61(64)66)44-52(12-6)23-14-8-2/h15-20,24-41,45-46,48-52,64H,7-14,21-23,42-44,47H2,1-6H3. The van der Waals surface area contributed by atoms with Gasteiger partial charge in [0.2, 0.25) is 0 Å². The lowest BCUT2D eigenvalue weighted by Gasteiger charge is -2.17. The van der Waals surface area contributed by atoms with Crippen molar-refractivity contribution in [3.63, 3.8) is 0 Å². The highest BCUT2D eigenvalue weighted by Gasteiger charge is 2.30. The Morgan fingerprint density at radius 3 is 1.48 bits per heavy atom. The molecule has 0 amide bonds. The van der Waals surface area contributed by atoms with Crippen LogP contribution in [0, 0.1) is 17.8 Å². The second kappa shape index (κ2) is 22.7. The number of unbranched alkanes of at least 4 members (excludes halogenated alkanes) is 2. The predicted molar refractivity (Wildman–Crippen MR) is 324 cm³/mol. The fourth-order valence-electron chi connectivity index (χ4n) is 13.4. The fourth-order valence-corrected chi connectivity index (χ4v) is 13.4. The predicted octanol–water partition coefficient (Wildman–Crippen LogP) is 20.8. The third-order valence-corrected chi connectivity index (χ3v) is 17.7. The van der Waals surface area contributed by atoms with Crippen molar-refractivity contribution in [3.8, 4) is 33.6 Å². The van der Waals surface area contributed by atoms with E-state index in [9.17, 15) is 0 Å². The topological polar surface area (TPSA) is 9.86 Å². The Balaban J connectivity index is 0.950. The Morgan fingerprint density at radius 2 is 0.867 bits per heavy atom. The van der Waals surface area contributed by atoms with Crippen LogP contribution in [-0.4, -0.2) is 9.13 Å². The van der Waals surface area contributed by atoms with Crippen LogP contribution in [0.3, 0.4) is 0 Å². The lowest BCUT2D eigenvalue weighted by Crippen LogP contribution is -2.05. The van der Waals surface area contributed by atoms with Gasteiger partial charge in [0.1, 0.15) is 0 Å². The third-order valence-electron chi connectivity index (χ3n) is 17.7. The van der Waals surface area contributed by atoms with Gasteiger partial charge in [0, 0.05) is 38.7 Å². The van der Waals surface area contributed by atoms with Gasteiger partial charge >= 0.3 is 0 Å². The highest BCUT2D eigenvalue weighted by atomic mass is 15.0. The van der Waals surface area contributed by atoms with Crippen molar-refractivity contribution in [2.75, 3.05) is 0 Å². The van der Waals surface area contributed by atoms with E-state index in [0.717, 1.165) is 30.6 Å². The molecule has 1 aliphatic rings. The van der Waals surface area contributed by atoms with Gasteiger partial charge in [0.05, 0.1) is 27.8 Å². The van der Waals surface area contributed by atoms with Crippen molar-refractivity contribution in [2.24, 2.45) is 17.8 Å². The van der Waals surface area contributed by atoms with E-state index < -0.39 is 0 Å². The molecule has 8 aromatic carbocycles. The highest BCUT2D eigenvalue weighted by molar-refractivity contribution is 6.12. The number of aromatic nitrogens is 2. The molecule has 0 saturated carbocycles. The van der Waals surface area contributed by atoms with Crippen molar-refractivity contribution in [1.29, 1.82) is 0 Å². The number of nitrogens with zero attached hydrogens (tertiary/aromatic N) is 2. The maximum Gasteiger partial charge on any atom is 0.0541 e. The summed E-state index contributed by atoms with van der Waals surface area (Å²) in [6.45, 7) is 14.1. The summed E-state index contributed by atoms with van der Waals surface area (Å²) >= 11 is 0. The molecule has 2 heterocycles. The molecule has 0 bridgehead atoms. The molecule has 75 heavy (non-hydrogen) atoms. The molecular weight excluding hydrogens is 905 g/mol. The van der Waals surface area contributed by atoms with Crippen LogP contribution in [0.15, 0.2) is 170 Å². The van der Waals surface area contributed by atoms with Crippen molar-refractivity contribution in [3.05, 3.63) is 203 Å². The van der Waals surface area contributed by atoms with E-state index in [1.54, 1.807) is 0 Å². The molecule has 2 nitrogen and oxygen atoms in total. The quantitative estimate of drug-likeness (QED) is 0.0640. The molecule has 0 fully saturated rings. The van der Waals surface area contributed by atoms with Gasteiger partial charge in [0.25, 0.3) is 0 Å². The Morgan fingerprint density at radius 1 is 0.373 bits per heavy atom. The van der Waals surface area contributed by atoms with Gasteiger partial charge in [-0.3, -0.25) is 0 Å². The van der Waals surface area contributed by atoms with Gasteiger partial charge in [0.15, 0.2) is 0 Å². The minimum Gasteiger partial charge on any atom is -0.309 e. The summed E-state index contributed by atoms with van der Waals surface area (Å²) in [5.74, 6) is 2.55. The van der Waals surface area contributed by atoms with Gasteiger partial charge in [-0.05, 0) is 148 Å². The van der Waals surface area contributed by atoms with Crippen LogP contribution in [0.5, 0.6) is 0 Å². The molecule has 0 radical (unpaired) electrons. The number of fused-ring (bicyclic) bond motifs is 9. The zero-order chi connectivity index (χ0) is 51.4. The average Bonchev–Trinajstić information content (AvgIpc) is 4.07. The number of para-hydroxylation sites is 3. The number of benzene rings is 8. The summed E-state index contributed by atoms with van der Waals surface area (Å²) in [7, 11) is 0. The monoisotopic (exact) mass is 985 g/mol. The van der Waals surface area contributed by atoms with Crippen LogP contribution in [0.2, 0.25) is 0 Å². The first-order chi connectivity index (χ1) is 36.9. The Kier molecular flexibility index (Phi) is 15.3. The smallest absolute Gasteiger partial charge is 0.0541 e. The summed E-state index contributed by atoms with van der Waals surface area (Å²) in [4.78, 5) is 0. The van der Waals surface area contributed by atoms with Crippen molar-refractivity contribution >= 4 is 43.6 Å². The Hall–Kier alpha value is -6.64. The van der Waals surface area contributed by atoms with Gasteiger partial charge in [-0.15, -0.1) is 0 Å². The average molecular weight is 985 g/mol. The molecule has 0 N–H and O–H groups in total. The van der Waals surface area contributed by atoms with Gasteiger partial charge in [-0.1, -0.05) is 227 Å². The summed E-state index contributed by atoms with van der Waals surface area (Å²) < 4.78 is 4.99. The molecule has 1 aliphatic carbocycles. The maximum atomic E-state index is 2.59. The SMILES string of the molecule is CCCCC(CC)Cc1ccc(-n2c3ccccc3c3cc(-c4ccccc4-n4c5ccccc5c5cc(CC6c7ccc(CC(CC)CCC)cc7-c7cc(CC(CC)CCCC)ccc76)ccc54)ccc32)cc1. The molecule has 2 aromatic heterocycles. The zero-order valence-corrected chi connectivity index (χ0v) is 46.0. The van der Waals surface area contributed by atoms with E-state index in [4.69, 9.17) is 0 Å². The summed E-state index contributed by atoms with van der Waals surface area (Å²) in [6.07, 6.45) is 18.6. The van der Waals surface area contributed by atoms with E-state index >= 15 is 0 Å². The lowest BCUT2D eigenvalue weighted by molar-refractivity contribution is 0.449. The van der Waals surface area contributed by atoms with Crippen LogP contribution in [0.25, 0.3) is 77.2 Å². The molecule has 382 valence electrons. The van der Waals surface area contributed by atoms with Crippen molar-refractivity contribution in [2.45, 2.75) is 144 Å². The van der Waals surface area contributed by atoms with Crippen LogP contribution in [-0.2, 0) is 25.7 Å². The molecule has 0 saturated heterocycles. The van der Waals surface area contributed by atoms with Gasteiger partial charge in [-0.25, -0.2) is 0 Å². The van der Waals surface area contributed by atoms with E-state index in [-0.39, 0.29) is 0 Å². The zero-order valence-electron chi connectivity index (χ0n) is 46.0. The summed E-state index contributed by atoms with van der Waals surface area (Å²) in [6, 6.07) is 66.2. The van der Waals surface area contributed by atoms with Crippen LogP contribution in [0.1, 0.15) is 151 Å². The van der Waals surface area contributed by atoms with Crippen molar-refractivity contribution < 1.29 is 0 Å². The first-order valence-corrected chi connectivity index (χ1v) is 29.4. The van der Waals surface area contributed by atoms with Gasteiger partial charge < -0.3 is 9.13 Å². The molecule has 2 heteroatoms. The minimum absolute atomic E-state index is 0.318. The molecule has 0 spiro atoms. The third kappa shape index (κ3) is 10.0. The van der Waals surface area contributed by atoms with Crippen molar-refractivity contribution in [1.82, 2.24) is 9.13 Å². The molecule has 11 rings (SSSR count). The van der Waals surface area contributed by atoms with E-state index in [0.29, 0.717) is 5.92 Å². The number of rotatable bonds is 22. The summed E-state index contributed by atoms with van der Waals surface area (Å²) in [5, 5.41) is 5.18. The largest absolute Gasteiger partial charge is 0.309 e. The maximum absolute atomic E-state index is 2.59. The molecule has 4 unspecified atom stereocenters.